The third-order valence-electron chi connectivity index (χ3n) is 2.62. The van der Waals surface area contributed by atoms with Crippen LogP contribution in [0.15, 0.2) is 24.3 Å². The van der Waals surface area contributed by atoms with Crippen LogP contribution in [0.25, 0.3) is 0 Å². The highest BCUT2D eigenvalue weighted by Crippen LogP contribution is 2.30. The Kier molecular flexibility index (Phi) is 4.53. The van der Waals surface area contributed by atoms with E-state index >= 15 is 0 Å². The zero-order valence-electron chi connectivity index (χ0n) is 9.87. The van der Waals surface area contributed by atoms with E-state index in [1.54, 1.807) is 38.1 Å². The Balaban J connectivity index is 3.16. The van der Waals surface area contributed by atoms with Crippen molar-refractivity contribution in [1.82, 2.24) is 0 Å². The van der Waals surface area contributed by atoms with E-state index in [0.717, 1.165) is 0 Å². The summed E-state index contributed by atoms with van der Waals surface area (Å²) in [5.41, 5.74) is -0.264. The van der Waals surface area contributed by atoms with Crippen LogP contribution in [0.3, 0.4) is 0 Å². The zero-order valence-corrected chi connectivity index (χ0v) is 10.6. The van der Waals surface area contributed by atoms with Crippen molar-refractivity contribution in [2.24, 2.45) is 0 Å². The lowest BCUT2D eigenvalue weighted by Gasteiger charge is -2.25. The summed E-state index contributed by atoms with van der Waals surface area (Å²) in [4.78, 5) is 12.0. The molecule has 90 valence electrons. The molecule has 0 radical (unpaired) electrons. The Labute approximate surface area is 106 Å². The van der Waals surface area contributed by atoms with Crippen LogP contribution in [0, 0.1) is 11.3 Å². The van der Waals surface area contributed by atoms with Crippen LogP contribution in [0.4, 0.5) is 0 Å². The summed E-state index contributed by atoms with van der Waals surface area (Å²) in [5, 5.41) is 9.40. The van der Waals surface area contributed by atoms with Gasteiger partial charge in [0.15, 0.2) is 0 Å². The van der Waals surface area contributed by atoms with Crippen LogP contribution < -0.4 is 0 Å². The van der Waals surface area contributed by atoms with Gasteiger partial charge in [-0.15, -0.1) is 0 Å². The molecule has 0 aliphatic rings. The van der Waals surface area contributed by atoms with Crippen molar-refractivity contribution in [3.63, 3.8) is 0 Å². The highest BCUT2D eigenvalue weighted by Gasteiger charge is 2.36. The molecule has 17 heavy (non-hydrogen) atoms. The molecule has 0 N–H and O–H groups in total. The second kappa shape index (κ2) is 5.70. The summed E-state index contributed by atoms with van der Waals surface area (Å²) >= 11 is 5.90. The van der Waals surface area contributed by atoms with Crippen molar-refractivity contribution in [2.75, 3.05) is 6.61 Å². The molecule has 0 fully saturated rings. The smallest absolute Gasteiger partial charge is 0.317 e. The van der Waals surface area contributed by atoms with Gasteiger partial charge in [0.2, 0.25) is 0 Å². The summed E-state index contributed by atoms with van der Waals surface area (Å²) in [7, 11) is 0. The van der Waals surface area contributed by atoms with Gasteiger partial charge in [0.05, 0.1) is 19.1 Å². The number of carbonyl (C=O) groups is 1. The Morgan fingerprint density at radius 2 is 2.29 bits per heavy atom. The molecule has 0 aliphatic heterocycles. The van der Waals surface area contributed by atoms with Gasteiger partial charge in [-0.1, -0.05) is 23.7 Å². The Hall–Kier alpha value is -1.53. The molecule has 0 spiro atoms. The van der Waals surface area contributed by atoms with Gasteiger partial charge < -0.3 is 4.74 Å². The summed E-state index contributed by atoms with van der Waals surface area (Å²) in [6.07, 6.45) is 0.0617. The molecule has 0 aliphatic carbocycles. The predicted molar refractivity (Wildman–Crippen MR) is 65.7 cm³/mol. The molecule has 4 heteroatoms. The fourth-order valence-corrected chi connectivity index (χ4v) is 1.76. The van der Waals surface area contributed by atoms with E-state index in [2.05, 4.69) is 0 Å². The van der Waals surface area contributed by atoms with E-state index in [4.69, 9.17) is 21.6 Å². The molecule has 0 amide bonds. The first-order valence-corrected chi connectivity index (χ1v) is 5.72. The van der Waals surface area contributed by atoms with Crippen molar-refractivity contribution in [1.29, 1.82) is 5.26 Å². The number of benzene rings is 1. The van der Waals surface area contributed by atoms with Gasteiger partial charge in [0.1, 0.15) is 5.41 Å². The number of ether oxygens (including phenoxy) is 1. The van der Waals surface area contributed by atoms with E-state index in [0.29, 0.717) is 17.2 Å². The summed E-state index contributed by atoms with van der Waals surface area (Å²) in [5.74, 6) is -0.399. The van der Waals surface area contributed by atoms with Crippen LogP contribution in [0.2, 0.25) is 5.02 Å². The first-order chi connectivity index (χ1) is 8.04. The molecule has 3 nitrogen and oxygen atoms in total. The number of hydrogen-bond donors (Lipinski definition) is 0. The van der Waals surface area contributed by atoms with Gasteiger partial charge in [-0.3, -0.25) is 4.79 Å². The number of carbonyl (C=O) groups excluding carboxylic acids is 1. The fraction of sp³-hybridized carbons (Fsp3) is 0.385. The number of halogens is 1. The van der Waals surface area contributed by atoms with Crippen molar-refractivity contribution in [2.45, 2.75) is 25.7 Å². The van der Waals surface area contributed by atoms with Gasteiger partial charge >= 0.3 is 5.97 Å². The lowest BCUT2D eigenvalue weighted by molar-refractivity contribution is -0.149. The number of nitrogens with zero attached hydrogens (tertiary/aromatic N) is 1. The molecule has 0 aromatic heterocycles. The van der Waals surface area contributed by atoms with Crippen LogP contribution in [-0.2, 0) is 14.9 Å². The molecule has 1 atom stereocenters. The van der Waals surface area contributed by atoms with Crippen LogP contribution >= 0.6 is 11.6 Å². The van der Waals surface area contributed by atoms with E-state index < -0.39 is 11.4 Å². The number of nitriles is 1. The lowest BCUT2D eigenvalue weighted by atomic mass is 9.80. The number of hydrogen-bond acceptors (Lipinski definition) is 3. The summed E-state index contributed by atoms with van der Waals surface area (Å²) < 4.78 is 5.02. The average molecular weight is 252 g/mol. The fourth-order valence-electron chi connectivity index (χ4n) is 1.57. The van der Waals surface area contributed by atoms with Crippen molar-refractivity contribution >= 4 is 17.6 Å². The van der Waals surface area contributed by atoms with Crippen LogP contribution in [0.5, 0.6) is 0 Å². The highest BCUT2D eigenvalue weighted by molar-refractivity contribution is 6.30. The van der Waals surface area contributed by atoms with E-state index in [-0.39, 0.29) is 6.42 Å². The standard InChI is InChI=1S/C13H14ClNO2/c1-3-17-12(16)13(2,7-8-15)10-5-4-6-11(14)9-10/h4-6,9H,3,7H2,1-2H3. The molecule has 1 aromatic carbocycles. The Bertz CT molecular complexity index is 453. The quantitative estimate of drug-likeness (QED) is 0.773. The van der Waals surface area contributed by atoms with Gasteiger partial charge in [-0.05, 0) is 31.5 Å². The molecule has 1 unspecified atom stereocenters. The third kappa shape index (κ3) is 2.98. The maximum atomic E-state index is 12.0. The summed E-state index contributed by atoms with van der Waals surface area (Å²) in [6, 6.07) is 8.97. The summed E-state index contributed by atoms with van der Waals surface area (Å²) in [6.45, 7) is 3.73. The van der Waals surface area contributed by atoms with E-state index in [1.807, 2.05) is 6.07 Å². The third-order valence-corrected chi connectivity index (χ3v) is 2.86. The first-order valence-electron chi connectivity index (χ1n) is 5.35. The second-order valence-electron chi connectivity index (χ2n) is 3.90. The predicted octanol–water partition coefficient (Wildman–Crippen LogP) is 3.07. The first kappa shape index (κ1) is 13.5. The second-order valence-corrected chi connectivity index (χ2v) is 4.33. The largest absolute Gasteiger partial charge is 0.465 e. The molecule has 0 saturated heterocycles. The van der Waals surface area contributed by atoms with E-state index in [1.165, 1.54) is 0 Å². The average Bonchev–Trinajstić information content (AvgIpc) is 2.29. The molecule has 0 saturated carbocycles. The Morgan fingerprint density at radius 1 is 1.59 bits per heavy atom. The molecule has 1 rings (SSSR count). The van der Waals surface area contributed by atoms with Crippen molar-refractivity contribution in [3.05, 3.63) is 34.9 Å². The lowest BCUT2D eigenvalue weighted by Crippen LogP contribution is -2.34. The highest BCUT2D eigenvalue weighted by atomic mass is 35.5. The van der Waals surface area contributed by atoms with E-state index in [9.17, 15) is 4.79 Å². The Morgan fingerprint density at radius 3 is 2.82 bits per heavy atom. The molecule has 0 heterocycles. The number of esters is 1. The van der Waals surface area contributed by atoms with Gasteiger partial charge in [-0.2, -0.15) is 5.26 Å². The van der Waals surface area contributed by atoms with Crippen molar-refractivity contribution in [3.8, 4) is 6.07 Å². The molecule has 1 aromatic rings. The van der Waals surface area contributed by atoms with Crippen LogP contribution in [0.1, 0.15) is 25.8 Å². The maximum absolute atomic E-state index is 12.0. The maximum Gasteiger partial charge on any atom is 0.317 e. The van der Waals surface area contributed by atoms with Crippen LogP contribution in [-0.4, -0.2) is 12.6 Å². The molecular formula is C13H14ClNO2. The van der Waals surface area contributed by atoms with Crippen molar-refractivity contribution < 1.29 is 9.53 Å². The van der Waals surface area contributed by atoms with Gasteiger partial charge in [0.25, 0.3) is 0 Å². The molecule has 0 bridgehead atoms. The SMILES string of the molecule is CCOC(=O)C(C)(CC#N)c1cccc(Cl)c1. The number of rotatable bonds is 4. The minimum Gasteiger partial charge on any atom is -0.465 e. The normalized spacial score (nSPS) is 13.5. The zero-order chi connectivity index (χ0) is 12.9. The minimum absolute atomic E-state index is 0.0617. The monoisotopic (exact) mass is 251 g/mol. The van der Waals surface area contributed by atoms with Gasteiger partial charge in [-0.25, -0.2) is 0 Å². The molecular weight excluding hydrogens is 238 g/mol. The topological polar surface area (TPSA) is 50.1 Å². The van der Waals surface area contributed by atoms with Gasteiger partial charge in [0, 0.05) is 5.02 Å². The minimum atomic E-state index is -0.963.